The lowest BCUT2D eigenvalue weighted by molar-refractivity contribution is 0.880. The standard InChI is InChI=1S/C14H14N4S2/c1-10-13(20-14(15)17-10)19-9-11-3-5-12(6-4-11)18-8-2-7-16-18/h2-8H,9H2,1H3,(H2,15,17). The molecule has 4 nitrogen and oxygen atoms in total. The molecule has 0 fully saturated rings. The summed E-state index contributed by atoms with van der Waals surface area (Å²) >= 11 is 3.33. The van der Waals surface area contributed by atoms with Crippen molar-refractivity contribution in [3.8, 4) is 5.69 Å². The molecule has 0 aliphatic heterocycles. The first-order valence-electron chi connectivity index (χ1n) is 6.17. The predicted molar refractivity (Wildman–Crippen MR) is 84.4 cm³/mol. The Balaban J connectivity index is 1.68. The molecule has 0 bridgehead atoms. The monoisotopic (exact) mass is 302 g/mol. The third kappa shape index (κ3) is 2.86. The maximum atomic E-state index is 5.71. The van der Waals surface area contributed by atoms with Crippen molar-refractivity contribution in [3.63, 3.8) is 0 Å². The van der Waals surface area contributed by atoms with Gasteiger partial charge in [0.2, 0.25) is 0 Å². The van der Waals surface area contributed by atoms with Crippen molar-refractivity contribution in [1.29, 1.82) is 0 Å². The molecule has 3 aromatic rings. The minimum atomic E-state index is 0.638. The first-order valence-corrected chi connectivity index (χ1v) is 7.97. The summed E-state index contributed by atoms with van der Waals surface area (Å²) in [7, 11) is 0. The summed E-state index contributed by atoms with van der Waals surface area (Å²) in [6.45, 7) is 2.00. The third-order valence-corrected chi connectivity index (χ3v) is 5.27. The van der Waals surface area contributed by atoms with Gasteiger partial charge < -0.3 is 5.73 Å². The van der Waals surface area contributed by atoms with E-state index in [1.807, 2.05) is 23.9 Å². The van der Waals surface area contributed by atoms with Crippen molar-refractivity contribution in [2.45, 2.75) is 16.9 Å². The van der Waals surface area contributed by atoms with E-state index < -0.39 is 0 Å². The molecule has 0 aliphatic carbocycles. The molecule has 3 rings (SSSR count). The largest absolute Gasteiger partial charge is 0.375 e. The maximum absolute atomic E-state index is 5.71. The van der Waals surface area contributed by atoms with E-state index in [4.69, 9.17) is 5.73 Å². The van der Waals surface area contributed by atoms with E-state index in [1.54, 1.807) is 29.3 Å². The molecule has 0 spiro atoms. The Hall–Kier alpha value is -1.79. The van der Waals surface area contributed by atoms with E-state index >= 15 is 0 Å². The Morgan fingerprint density at radius 3 is 2.70 bits per heavy atom. The molecule has 0 saturated heterocycles. The highest BCUT2D eigenvalue weighted by Crippen LogP contribution is 2.32. The van der Waals surface area contributed by atoms with Crippen LogP contribution in [0.3, 0.4) is 0 Å². The predicted octanol–water partition coefficient (Wildman–Crippen LogP) is 3.51. The molecule has 102 valence electrons. The molecule has 0 amide bonds. The lowest BCUT2D eigenvalue weighted by Gasteiger charge is -2.04. The first kappa shape index (κ1) is 13.2. The molecular formula is C14H14N4S2. The Morgan fingerprint density at radius 1 is 1.30 bits per heavy atom. The zero-order valence-corrected chi connectivity index (χ0v) is 12.6. The van der Waals surface area contributed by atoms with Gasteiger partial charge in [0.05, 0.1) is 15.6 Å². The van der Waals surface area contributed by atoms with Gasteiger partial charge in [0.15, 0.2) is 5.13 Å². The fraction of sp³-hybridized carbons (Fsp3) is 0.143. The molecule has 0 unspecified atom stereocenters. The number of nitrogens with zero attached hydrogens (tertiary/aromatic N) is 3. The molecule has 0 atom stereocenters. The lowest BCUT2D eigenvalue weighted by Crippen LogP contribution is -1.93. The number of rotatable bonds is 4. The first-order chi connectivity index (χ1) is 9.72. The fourth-order valence-electron chi connectivity index (χ4n) is 1.85. The van der Waals surface area contributed by atoms with Gasteiger partial charge in [0, 0.05) is 18.1 Å². The maximum Gasteiger partial charge on any atom is 0.181 e. The van der Waals surface area contributed by atoms with Crippen LogP contribution >= 0.6 is 23.1 Å². The van der Waals surface area contributed by atoms with Crippen LogP contribution in [-0.4, -0.2) is 14.8 Å². The number of nitrogens with two attached hydrogens (primary N) is 1. The average Bonchev–Trinajstić information content (AvgIpc) is 3.07. The Bertz CT molecular complexity index is 687. The fourth-order valence-corrected chi connectivity index (χ4v) is 3.83. The van der Waals surface area contributed by atoms with Crippen molar-refractivity contribution >= 4 is 28.2 Å². The normalized spacial score (nSPS) is 10.8. The van der Waals surface area contributed by atoms with Crippen molar-refractivity contribution in [3.05, 3.63) is 54.0 Å². The van der Waals surface area contributed by atoms with Crippen molar-refractivity contribution in [2.24, 2.45) is 0 Å². The summed E-state index contributed by atoms with van der Waals surface area (Å²) in [6.07, 6.45) is 3.72. The second-order valence-electron chi connectivity index (χ2n) is 4.33. The lowest BCUT2D eigenvalue weighted by atomic mass is 10.2. The molecule has 0 radical (unpaired) electrons. The summed E-state index contributed by atoms with van der Waals surface area (Å²) in [5.74, 6) is 0.919. The van der Waals surface area contributed by atoms with Gasteiger partial charge in [-0.15, -0.1) is 11.8 Å². The topological polar surface area (TPSA) is 56.7 Å². The van der Waals surface area contributed by atoms with E-state index in [9.17, 15) is 0 Å². The zero-order chi connectivity index (χ0) is 13.9. The molecule has 6 heteroatoms. The number of hydrogen-bond donors (Lipinski definition) is 1. The second-order valence-corrected chi connectivity index (χ2v) is 6.61. The van der Waals surface area contributed by atoms with Crippen LogP contribution in [0.25, 0.3) is 5.69 Å². The number of thiazole rings is 1. The van der Waals surface area contributed by atoms with Gasteiger partial charge in [0.1, 0.15) is 0 Å². The molecule has 2 aromatic heterocycles. The van der Waals surface area contributed by atoms with Gasteiger partial charge in [-0.1, -0.05) is 23.5 Å². The Morgan fingerprint density at radius 2 is 2.10 bits per heavy atom. The summed E-state index contributed by atoms with van der Waals surface area (Å²) in [4.78, 5) is 4.24. The number of anilines is 1. The molecule has 2 N–H and O–H groups in total. The molecule has 0 saturated carbocycles. The van der Waals surface area contributed by atoms with E-state index in [1.165, 1.54) is 9.77 Å². The van der Waals surface area contributed by atoms with Crippen molar-refractivity contribution in [2.75, 3.05) is 5.73 Å². The van der Waals surface area contributed by atoms with Crippen LogP contribution < -0.4 is 5.73 Å². The number of nitrogen functional groups attached to an aromatic ring is 1. The number of hydrogen-bond acceptors (Lipinski definition) is 5. The second kappa shape index (κ2) is 5.68. The van der Waals surface area contributed by atoms with Gasteiger partial charge >= 0.3 is 0 Å². The summed E-state index contributed by atoms with van der Waals surface area (Å²) in [5, 5.41) is 4.85. The minimum Gasteiger partial charge on any atom is -0.375 e. The third-order valence-electron chi connectivity index (χ3n) is 2.85. The van der Waals surface area contributed by atoms with Gasteiger partial charge in [-0.2, -0.15) is 5.10 Å². The van der Waals surface area contributed by atoms with Crippen molar-refractivity contribution in [1.82, 2.24) is 14.8 Å². The Labute approximate surface area is 125 Å². The van der Waals surface area contributed by atoms with Crippen LogP contribution in [0.5, 0.6) is 0 Å². The van der Waals surface area contributed by atoms with E-state index in [-0.39, 0.29) is 0 Å². The molecule has 0 aliphatic rings. The number of aryl methyl sites for hydroxylation is 1. The van der Waals surface area contributed by atoms with Crippen LogP contribution in [0.2, 0.25) is 0 Å². The van der Waals surface area contributed by atoms with Gasteiger partial charge in [-0.05, 0) is 30.7 Å². The summed E-state index contributed by atoms with van der Waals surface area (Å²) in [5.41, 5.74) is 9.07. The van der Waals surface area contributed by atoms with Crippen molar-refractivity contribution < 1.29 is 0 Å². The summed E-state index contributed by atoms with van der Waals surface area (Å²) < 4.78 is 3.05. The van der Waals surface area contributed by atoms with Crippen LogP contribution in [-0.2, 0) is 5.75 Å². The molecule has 2 heterocycles. The van der Waals surface area contributed by atoms with Crippen LogP contribution in [0, 0.1) is 6.92 Å². The average molecular weight is 302 g/mol. The van der Waals surface area contributed by atoms with Crippen LogP contribution in [0.1, 0.15) is 11.3 Å². The highest BCUT2D eigenvalue weighted by molar-refractivity contribution is 8.00. The van der Waals surface area contributed by atoms with E-state index in [0.29, 0.717) is 5.13 Å². The molecule has 1 aromatic carbocycles. The van der Waals surface area contributed by atoms with Crippen LogP contribution in [0.15, 0.2) is 46.9 Å². The molecule has 20 heavy (non-hydrogen) atoms. The SMILES string of the molecule is Cc1nc(N)sc1SCc1ccc(-n2cccn2)cc1. The number of benzene rings is 1. The number of thioether (sulfide) groups is 1. The smallest absolute Gasteiger partial charge is 0.181 e. The summed E-state index contributed by atoms with van der Waals surface area (Å²) in [6, 6.07) is 10.3. The highest BCUT2D eigenvalue weighted by Gasteiger charge is 2.06. The van der Waals surface area contributed by atoms with E-state index in [2.05, 4.69) is 34.3 Å². The van der Waals surface area contributed by atoms with Gasteiger partial charge in [0.25, 0.3) is 0 Å². The quantitative estimate of drug-likeness (QED) is 0.749. The van der Waals surface area contributed by atoms with Gasteiger partial charge in [-0.25, -0.2) is 9.67 Å². The minimum absolute atomic E-state index is 0.638. The van der Waals surface area contributed by atoms with Gasteiger partial charge in [-0.3, -0.25) is 0 Å². The van der Waals surface area contributed by atoms with Crippen LogP contribution in [0.4, 0.5) is 5.13 Å². The zero-order valence-electron chi connectivity index (χ0n) is 11.0. The Kier molecular flexibility index (Phi) is 3.75. The molecular weight excluding hydrogens is 288 g/mol. The highest BCUT2D eigenvalue weighted by atomic mass is 32.2. The van der Waals surface area contributed by atoms with E-state index in [0.717, 1.165) is 17.1 Å². The number of aromatic nitrogens is 3.